The normalized spacial score (nSPS) is 13.1. The Morgan fingerprint density at radius 1 is 1.22 bits per heavy atom. The van der Waals surface area contributed by atoms with E-state index in [1.165, 1.54) is 12.1 Å². The Morgan fingerprint density at radius 3 is 2.28 bits per heavy atom. The summed E-state index contributed by atoms with van der Waals surface area (Å²) in [7, 11) is 0. The van der Waals surface area contributed by atoms with E-state index >= 15 is 0 Å². The SMILES string of the molecule is CC(C)C[C@@H](N)c1ccccc1OC(F)(F)F.Cl. The van der Waals surface area contributed by atoms with Gasteiger partial charge in [-0.2, -0.15) is 0 Å². The summed E-state index contributed by atoms with van der Waals surface area (Å²) in [5.41, 5.74) is 6.26. The van der Waals surface area contributed by atoms with E-state index in [9.17, 15) is 13.2 Å². The van der Waals surface area contributed by atoms with Crippen LogP contribution in [0.15, 0.2) is 24.3 Å². The van der Waals surface area contributed by atoms with Crippen LogP contribution in [0.2, 0.25) is 0 Å². The molecule has 18 heavy (non-hydrogen) atoms. The van der Waals surface area contributed by atoms with Crippen LogP contribution in [0.4, 0.5) is 13.2 Å². The second-order valence-corrected chi connectivity index (χ2v) is 4.32. The van der Waals surface area contributed by atoms with E-state index in [0.717, 1.165) is 0 Å². The van der Waals surface area contributed by atoms with E-state index in [0.29, 0.717) is 17.9 Å². The number of ether oxygens (including phenoxy) is 1. The van der Waals surface area contributed by atoms with Gasteiger partial charge in [0, 0.05) is 11.6 Å². The molecular weight excluding hydrogens is 267 g/mol. The molecule has 2 nitrogen and oxygen atoms in total. The van der Waals surface area contributed by atoms with Crippen LogP contribution in [0.25, 0.3) is 0 Å². The van der Waals surface area contributed by atoms with Crippen molar-refractivity contribution >= 4 is 12.4 Å². The predicted octanol–water partition coefficient (Wildman–Crippen LogP) is 4.05. The van der Waals surface area contributed by atoms with Gasteiger partial charge in [-0.05, 0) is 18.4 Å². The number of hydrogen-bond donors (Lipinski definition) is 1. The van der Waals surface area contributed by atoms with Gasteiger partial charge in [-0.1, -0.05) is 32.0 Å². The van der Waals surface area contributed by atoms with E-state index in [1.807, 2.05) is 13.8 Å². The molecule has 0 saturated heterocycles. The molecule has 0 bridgehead atoms. The molecule has 0 unspecified atom stereocenters. The summed E-state index contributed by atoms with van der Waals surface area (Å²) in [5, 5.41) is 0. The Balaban J connectivity index is 0.00000289. The minimum Gasteiger partial charge on any atom is -0.405 e. The largest absolute Gasteiger partial charge is 0.573 e. The van der Waals surface area contributed by atoms with E-state index in [1.54, 1.807) is 12.1 Å². The van der Waals surface area contributed by atoms with Crippen molar-refractivity contribution in [1.82, 2.24) is 0 Å². The Kier molecular flexibility index (Phi) is 6.49. The molecule has 0 saturated carbocycles. The van der Waals surface area contributed by atoms with Crippen LogP contribution in [-0.2, 0) is 0 Å². The van der Waals surface area contributed by atoms with Crippen LogP contribution in [0.3, 0.4) is 0 Å². The molecule has 0 spiro atoms. The van der Waals surface area contributed by atoms with Crippen LogP contribution in [0.5, 0.6) is 5.75 Å². The summed E-state index contributed by atoms with van der Waals surface area (Å²) in [5.74, 6) is 0.0945. The molecule has 0 aliphatic rings. The molecule has 0 fully saturated rings. The van der Waals surface area contributed by atoms with E-state index < -0.39 is 12.4 Å². The van der Waals surface area contributed by atoms with Crippen LogP contribution in [-0.4, -0.2) is 6.36 Å². The third-order valence-electron chi connectivity index (χ3n) is 2.27. The Bertz CT molecular complexity index is 369. The zero-order valence-corrected chi connectivity index (χ0v) is 11.0. The number of para-hydroxylation sites is 1. The molecule has 0 aliphatic carbocycles. The van der Waals surface area contributed by atoms with Gasteiger partial charge in [-0.3, -0.25) is 0 Å². The molecule has 0 aromatic heterocycles. The number of benzene rings is 1. The van der Waals surface area contributed by atoms with Crippen molar-refractivity contribution in [2.24, 2.45) is 11.7 Å². The highest BCUT2D eigenvalue weighted by molar-refractivity contribution is 5.85. The molecule has 0 amide bonds. The summed E-state index contributed by atoms with van der Waals surface area (Å²) in [6.07, 6.45) is -4.08. The van der Waals surface area contributed by atoms with Crippen LogP contribution in [0, 0.1) is 5.92 Å². The first-order valence-electron chi connectivity index (χ1n) is 5.40. The van der Waals surface area contributed by atoms with Gasteiger partial charge in [0.25, 0.3) is 0 Å². The molecule has 1 rings (SSSR count). The number of halogens is 4. The number of hydrogen-bond acceptors (Lipinski definition) is 2. The average molecular weight is 284 g/mol. The molecule has 2 N–H and O–H groups in total. The van der Waals surface area contributed by atoms with E-state index in [4.69, 9.17) is 5.73 Å². The van der Waals surface area contributed by atoms with Gasteiger partial charge >= 0.3 is 6.36 Å². The van der Waals surface area contributed by atoms with Crippen LogP contribution >= 0.6 is 12.4 Å². The fraction of sp³-hybridized carbons (Fsp3) is 0.500. The maximum Gasteiger partial charge on any atom is 0.573 e. The third-order valence-corrected chi connectivity index (χ3v) is 2.27. The second kappa shape index (κ2) is 6.85. The van der Waals surface area contributed by atoms with Gasteiger partial charge in [0.05, 0.1) is 0 Å². The van der Waals surface area contributed by atoms with Crippen molar-refractivity contribution in [3.05, 3.63) is 29.8 Å². The molecule has 0 aliphatic heterocycles. The zero-order chi connectivity index (χ0) is 13.1. The minimum atomic E-state index is -4.69. The Hall–Kier alpha value is -0.940. The smallest absolute Gasteiger partial charge is 0.405 e. The minimum absolute atomic E-state index is 0. The van der Waals surface area contributed by atoms with Crippen molar-refractivity contribution < 1.29 is 17.9 Å². The lowest BCUT2D eigenvalue weighted by molar-refractivity contribution is -0.275. The zero-order valence-electron chi connectivity index (χ0n) is 10.2. The number of rotatable bonds is 4. The van der Waals surface area contributed by atoms with Crippen molar-refractivity contribution in [1.29, 1.82) is 0 Å². The van der Waals surface area contributed by atoms with Gasteiger partial charge in [-0.15, -0.1) is 25.6 Å². The van der Waals surface area contributed by atoms with Crippen molar-refractivity contribution in [2.75, 3.05) is 0 Å². The third kappa shape index (κ3) is 5.60. The highest BCUT2D eigenvalue weighted by Crippen LogP contribution is 2.31. The van der Waals surface area contributed by atoms with Crippen LogP contribution < -0.4 is 10.5 Å². The number of alkyl halides is 3. The summed E-state index contributed by atoms with van der Waals surface area (Å²) in [6, 6.07) is 5.54. The molecule has 6 heteroatoms. The molecule has 1 aromatic rings. The second-order valence-electron chi connectivity index (χ2n) is 4.32. The molecule has 1 aromatic carbocycles. The van der Waals surface area contributed by atoms with Crippen molar-refractivity contribution in [3.8, 4) is 5.75 Å². The first kappa shape index (κ1) is 17.1. The lowest BCUT2D eigenvalue weighted by Crippen LogP contribution is -2.20. The van der Waals surface area contributed by atoms with Crippen molar-refractivity contribution in [2.45, 2.75) is 32.7 Å². The summed E-state index contributed by atoms with van der Waals surface area (Å²) in [4.78, 5) is 0. The van der Waals surface area contributed by atoms with Crippen LogP contribution in [0.1, 0.15) is 31.9 Å². The topological polar surface area (TPSA) is 35.2 Å². The maximum atomic E-state index is 12.2. The fourth-order valence-corrected chi connectivity index (χ4v) is 1.64. The molecule has 1 atom stereocenters. The highest BCUT2D eigenvalue weighted by Gasteiger charge is 2.32. The molecule has 0 radical (unpaired) electrons. The summed E-state index contributed by atoms with van der Waals surface area (Å²) < 4.78 is 40.5. The molecular formula is C12H17ClF3NO. The standard InChI is InChI=1S/C12H16F3NO.ClH/c1-8(2)7-10(16)9-5-3-4-6-11(9)17-12(13,14)15;/h3-6,8,10H,7,16H2,1-2H3;1H/t10-;/m1./s1. The Labute approximate surface area is 111 Å². The monoisotopic (exact) mass is 283 g/mol. The maximum absolute atomic E-state index is 12.2. The van der Waals surface area contributed by atoms with Gasteiger partial charge in [0.2, 0.25) is 0 Å². The van der Waals surface area contributed by atoms with Gasteiger partial charge in [0.1, 0.15) is 5.75 Å². The van der Waals surface area contributed by atoms with E-state index in [2.05, 4.69) is 4.74 Å². The van der Waals surface area contributed by atoms with Crippen molar-refractivity contribution in [3.63, 3.8) is 0 Å². The molecule has 104 valence electrons. The van der Waals surface area contributed by atoms with Gasteiger partial charge < -0.3 is 10.5 Å². The van der Waals surface area contributed by atoms with E-state index in [-0.39, 0.29) is 18.2 Å². The summed E-state index contributed by atoms with van der Waals surface area (Å²) in [6.45, 7) is 3.93. The van der Waals surface area contributed by atoms with Gasteiger partial charge in [0.15, 0.2) is 0 Å². The summed E-state index contributed by atoms with van der Waals surface area (Å²) >= 11 is 0. The quantitative estimate of drug-likeness (QED) is 0.904. The first-order valence-corrected chi connectivity index (χ1v) is 5.40. The highest BCUT2D eigenvalue weighted by atomic mass is 35.5. The molecule has 0 heterocycles. The number of nitrogens with two attached hydrogens (primary N) is 1. The predicted molar refractivity (Wildman–Crippen MR) is 66.8 cm³/mol. The van der Waals surface area contributed by atoms with Gasteiger partial charge in [-0.25, -0.2) is 0 Å². The fourth-order valence-electron chi connectivity index (χ4n) is 1.64. The Morgan fingerprint density at radius 2 is 1.78 bits per heavy atom. The first-order chi connectivity index (χ1) is 7.79. The average Bonchev–Trinajstić information content (AvgIpc) is 2.14. The lowest BCUT2D eigenvalue weighted by Gasteiger charge is -2.19. The lowest BCUT2D eigenvalue weighted by atomic mass is 9.97.